The van der Waals surface area contributed by atoms with Gasteiger partial charge in [0.1, 0.15) is 11.3 Å². The zero-order valence-electron chi connectivity index (χ0n) is 20.1. The molecular weight excluding hydrogens is 502 g/mol. The number of imidazole rings is 1. The fourth-order valence-electron chi connectivity index (χ4n) is 4.08. The van der Waals surface area contributed by atoms with Crippen LogP contribution in [0.25, 0.3) is 21.9 Å². The smallest absolute Gasteiger partial charge is 0.240 e. The number of rotatable bonds is 11. The number of unbranched alkanes of at least 4 members (excludes halogenated alkanes) is 1. The van der Waals surface area contributed by atoms with E-state index in [2.05, 4.69) is 14.3 Å². The Labute approximate surface area is 210 Å². The first-order chi connectivity index (χ1) is 17.1. The van der Waals surface area contributed by atoms with Crippen molar-refractivity contribution in [3.63, 3.8) is 0 Å². The van der Waals surface area contributed by atoms with Gasteiger partial charge in [-0.25, -0.2) is 31.5 Å². The molecule has 0 saturated carbocycles. The van der Waals surface area contributed by atoms with E-state index in [9.17, 15) is 16.8 Å². The molecular formula is C24H29N5O5S2. The van der Waals surface area contributed by atoms with Crippen LogP contribution in [0, 0.1) is 0 Å². The van der Waals surface area contributed by atoms with Crippen molar-refractivity contribution in [3.05, 3.63) is 54.4 Å². The van der Waals surface area contributed by atoms with Gasteiger partial charge in [-0.15, -0.1) is 0 Å². The van der Waals surface area contributed by atoms with Gasteiger partial charge in [0.2, 0.25) is 10.0 Å². The number of anilines is 1. The van der Waals surface area contributed by atoms with Crippen LogP contribution in [-0.2, 0) is 37.6 Å². The topological polar surface area (TPSA) is 146 Å². The summed E-state index contributed by atoms with van der Waals surface area (Å²) in [5.74, 6) is 1.21. The number of ether oxygens (including phenoxy) is 1. The molecule has 3 N–H and O–H groups in total. The lowest BCUT2D eigenvalue weighted by molar-refractivity contribution is 0.199. The number of hydrogen-bond acceptors (Lipinski definition) is 8. The second kappa shape index (κ2) is 10.5. The third-order valence-electron chi connectivity index (χ3n) is 5.88. The highest BCUT2D eigenvalue weighted by atomic mass is 32.2. The van der Waals surface area contributed by atoms with Crippen LogP contribution in [0.5, 0.6) is 0 Å². The fourth-order valence-corrected chi connectivity index (χ4v) is 5.79. The van der Waals surface area contributed by atoms with Crippen LogP contribution in [0.15, 0.2) is 58.3 Å². The molecule has 0 unspecified atom stereocenters. The summed E-state index contributed by atoms with van der Waals surface area (Å²) in [4.78, 5) is 9.32. The number of sulfone groups is 1. The molecule has 0 saturated heterocycles. The van der Waals surface area contributed by atoms with E-state index in [-0.39, 0.29) is 16.3 Å². The van der Waals surface area contributed by atoms with Gasteiger partial charge >= 0.3 is 0 Å². The second-order valence-corrected chi connectivity index (χ2v) is 12.3. The van der Waals surface area contributed by atoms with E-state index in [1.807, 2.05) is 24.3 Å². The number of sulfonamides is 1. The van der Waals surface area contributed by atoms with Crippen LogP contribution < -0.4 is 10.5 Å². The highest BCUT2D eigenvalue weighted by molar-refractivity contribution is 7.90. The van der Waals surface area contributed by atoms with Gasteiger partial charge in [-0.05, 0) is 43.2 Å². The van der Waals surface area contributed by atoms with Crippen molar-refractivity contribution in [1.29, 1.82) is 0 Å². The molecule has 2 heterocycles. The lowest BCUT2D eigenvalue weighted by atomic mass is 10.2. The maximum atomic E-state index is 12.6. The summed E-state index contributed by atoms with van der Waals surface area (Å²) in [6, 6.07) is 12.9. The summed E-state index contributed by atoms with van der Waals surface area (Å²) in [5, 5.41) is 0.955. The van der Waals surface area contributed by atoms with Gasteiger partial charge in [-0.2, -0.15) is 0 Å². The van der Waals surface area contributed by atoms with Crippen molar-refractivity contribution in [2.75, 3.05) is 32.3 Å². The van der Waals surface area contributed by atoms with Crippen LogP contribution in [-0.4, -0.2) is 57.9 Å². The molecule has 2 aromatic heterocycles. The Balaban J connectivity index is 1.48. The highest BCUT2D eigenvalue weighted by Gasteiger charge is 2.18. The Bertz CT molecular complexity index is 1600. The van der Waals surface area contributed by atoms with Crippen molar-refractivity contribution in [2.24, 2.45) is 0 Å². The summed E-state index contributed by atoms with van der Waals surface area (Å²) in [5.41, 5.74) is 8.57. The van der Waals surface area contributed by atoms with Gasteiger partial charge in [0.15, 0.2) is 15.7 Å². The third kappa shape index (κ3) is 5.51. The summed E-state index contributed by atoms with van der Waals surface area (Å²) in [6.45, 7) is 1.36. The number of aromatic nitrogens is 3. The minimum atomic E-state index is -3.75. The number of pyridine rings is 1. The first-order valence-corrected chi connectivity index (χ1v) is 14.8. The van der Waals surface area contributed by atoms with E-state index in [1.165, 1.54) is 24.3 Å². The number of methoxy groups -OCH3 is 1. The minimum Gasteiger partial charge on any atom is -0.384 e. The van der Waals surface area contributed by atoms with Crippen LogP contribution >= 0.6 is 0 Å². The summed E-state index contributed by atoms with van der Waals surface area (Å²) in [7, 11) is -5.51. The first kappa shape index (κ1) is 26.0. The Kier molecular flexibility index (Phi) is 7.59. The molecule has 0 bridgehead atoms. The average Bonchev–Trinajstić information content (AvgIpc) is 3.21. The van der Waals surface area contributed by atoms with Gasteiger partial charge in [0, 0.05) is 38.3 Å². The number of nitrogens with two attached hydrogens (primary N) is 1. The lowest BCUT2D eigenvalue weighted by Gasteiger charge is -2.11. The summed E-state index contributed by atoms with van der Waals surface area (Å²) < 4.78 is 58.4. The number of aryl methyl sites for hydroxylation is 1. The van der Waals surface area contributed by atoms with Crippen LogP contribution in [0.1, 0.15) is 18.7 Å². The number of benzene rings is 2. The molecule has 0 aliphatic rings. The standard InChI is InChI=1S/C24H29N5O5S2/c1-34-16-13-21-28-22-23(19-7-3-4-8-20(19)27-24(22)25)29(21)15-6-5-14-26-36(32,33)18-11-9-17(10-12-18)35(2,30)31/h3-4,7-12,26H,5-6,13-16H2,1-2H3,(H2,25,27). The second-order valence-electron chi connectivity index (χ2n) is 8.48. The summed E-state index contributed by atoms with van der Waals surface area (Å²) >= 11 is 0. The predicted molar refractivity (Wildman–Crippen MR) is 139 cm³/mol. The Hall–Kier alpha value is -3.06. The Morgan fingerprint density at radius 2 is 1.67 bits per heavy atom. The maximum Gasteiger partial charge on any atom is 0.240 e. The van der Waals surface area contributed by atoms with Gasteiger partial charge < -0.3 is 15.0 Å². The monoisotopic (exact) mass is 531 g/mol. The molecule has 192 valence electrons. The fraction of sp³-hybridized carbons (Fsp3) is 0.333. The number of fused-ring (bicyclic) bond motifs is 3. The molecule has 4 rings (SSSR count). The molecule has 10 nitrogen and oxygen atoms in total. The van der Waals surface area contributed by atoms with Gasteiger partial charge in [-0.1, -0.05) is 18.2 Å². The molecule has 0 fully saturated rings. The molecule has 0 radical (unpaired) electrons. The maximum absolute atomic E-state index is 12.6. The molecule has 0 spiro atoms. The molecule has 0 atom stereocenters. The third-order valence-corrected chi connectivity index (χ3v) is 8.49. The number of hydrogen-bond donors (Lipinski definition) is 2. The Morgan fingerprint density at radius 1 is 0.972 bits per heavy atom. The van der Waals surface area contributed by atoms with E-state index in [0.29, 0.717) is 43.7 Å². The number of para-hydroxylation sites is 1. The predicted octanol–water partition coefficient (Wildman–Crippen LogP) is 2.52. The van der Waals surface area contributed by atoms with Crippen molar-refractivity contribution in [3.8, 4) is 0 Å². The van der Waals surface area contributed by atoms with Gasteiger partial charge in [0.05, 0.1) is 27.4 Å². The Morgan fingerprint density at radius 3 is 2.36 bits per heavy atom. The molecule has 2 aromatic carbocycles. The number of nitrogen functional groups attached to an aromatic ring is 1. The van der Waals surface area contributed by atoms with E-state index in [4.69, 9.17) is 15.5 Å². The SMILES string of the molecule is COCCc1nc2c(N)nc3ccccc3c2n1CCCCNS(=O)(=O)c1ccc(S(C)(=O)=O)cc1. The van der Waals surface area contributed by atoms with Crippen LogP contribution in [0.2, 0.25) is 0 Å². The van der Waals surface area contributed by atoms with Gasteiger partial charge in [-0.3, -0.25) is 0 Å². The summed E-state index contributed by atoms with van der Waals surface area (Å²) in [6.07, 6.45) is 2.96. The van der Waals surface area contributed by atoms with Crippen LogP contribution in [0.3, 0.4) is 0 Å². The molecule has 36 heavy (non-hydrogen) atoms. The lowest BCUT2D eigenvalue weighted by Crippen LogP contribution is -2.25. The van der Waals surface area contributed by atoms with Crippen molar-refractivity contribution in [1.82, 2.24) is 19.3 Å². The van der Waals surface area contributed by atoms with Crippen molar-refractivity contribution >= 4 is 47.6 Å². The largest absolute Gasteiger partial charge is 0.384 e. The average molecular weight is 532 g/mol. The van der Waals surface area contributed by atoms with E-state index >= 15 is 0 Å². The molecule has 0 aliphatic carbocycles. The normalized spacial score (nSPS) is 12.5. The molecule has 0 aliphatic heterocycles. The minimum absolute atomic E-state index is 0.0202. The number of nitrogens with zero attached hydrogens (tertiary/aromatic N) is 3. The zero-order valence-corrected chi connectivity index (χ0v) is 21.8. The number of nitrogens with one attached hydrogen (secondary N) is 1. The molecule has 4 aromatic rings. The van der Waals surface area contributed by atoms with E-state index in [0.717, 1.165) is 28.5 Å². The van der Waals surface area contributed by atoms with E-state index in [1.54, 1.807) is 7.11 Å². The van der Waals surface area contributed by atoms with Crippen molar-refractivity contribution < 1.29 is 21.6 Å². The first-order valence-electron chi connectivity index (χ1n) is 11.4. The van der Waals surface area contributed by atoms with Gasteiger partial charge in [0.25, 0.3) is 0 Å². The molecule has 0 amide bonds. The quantitative estimate of drug-likeness (QED) is 0.281. The highest BCUT2D eigenvalue weighted by Crippen LogP contribution is 2.29. The van der Waals surface area contributed by atoms with Crippen LogP contribution in [0.4, 0.5) is 5.82 Å². The van der Waals surface area contributed by atoms with Crippen molar-refractivity contribution in [2.45, 2.75) is 35.6 Å². The zero-order chi connectivity index (χ0) is 25.9. The van der Waals surface area contributed by atoms with E-state index < -0.39 is 19.9 Å². The molecule has 12 heteroatoms.